The van der Waals surface area contributed by atoms with Crippen LogP contribution >= 0.6 is 11.6 Å². The zero-order chi connectivity index (χ0) is 9.92. The predicted octanol–water partition coefficient (Wildman–Crippen LogP) is 1.91. The Bertz CT molecular complexity index is 452. The van der Waals surface area contributed by atoms with E-state index in [0.717, 1.165) is 24.1 Å². The van der Waals surface area contributed by atoms with Gasteiger partial charge in [0.1, 0.15) is 0 Å². The van der Waals surface area contributed by atoms with Crippen molar-refractivity contribution in [3.8, 4) is 0 Å². The number of benzene rings is 1. The Morgan fingerprint density at radius 3 is 2.79 bits per heavy atom. The van der Waals surface area contributed by atoms with Gasteiger partial charge in [0.05, 0.1) is 16.1 Å². The van der Waals surface area contributed by atoms with Crippen molar-refractivity contribution in [1.29, 1.82) is 0 Å². The van der Waals surface area contributed by atoms with Gasteiger partial charge in [0.2, 0.25) is 5.91 Å². The fraction of sp³-hybridized carbons (Fsp3) is 0.300. The van der Waals surface area contributed by atoms with Crippen molar-refractivity contribution in [2.24, 2.45) is 0 Å². The first-order valence-corrected chi connectivity index (χ1v) is 4.92. The van der Waals surface area contributed by atoms with Crippen LogP contribution in [-0.4, -0.2) is 5.91 Å². The van der Waals surface area contributed by atoms with E-state index in [2.05, 4.69) is 5.32 Å². The molecular formula is C10H9ClN2O. The van der Waals surface area contributed by atoms with Crippen LogP contribution < -0.4 is 11.1 Å². The third-order valence-electron chi connectivity index (χ3n) is 3.05. The quantitative estimate of drug-likeness (QED) is 0.640. The fourth-order valence-electron chi connectivity index (χ4n) is 2.11. The molecule has 1 aromatic rings. The molecule has 0 aromatic heterocycles. The molecule has 1 aliphatic heterocycles. The molecule has 0 unspecified atom stereocenters. The third-order valence-corrected chi connectivity index (χ3v) is 3.35. The molecule has 72 valence electrons. The van der Waals surface area contributed by atoms with E-state index in [1.54, 1.807) is 6.07 Å². The number of halogens is 1. The minimum atomic E-state index is -0.297. The van der Waals surface area contributed by atoms with E-state index >= 15 is 0 Å². The van der Waals surface area contributed by atoms with Gasteiger partial charge in [-0.15, -0.1) is 0 Å². The molecule has 1 heterocycles. The number of rotatable bonds is 0. The summed E-state index contributed by atoms with van der Waals surface area (Å²) in [5.41, 5.74) is 7.76. The summed E-state index contributed by atoms with van der Waals surface area (Å²) in [4.78, 5) is 11.7. The molecule has 1 aliphatic carbocycles. The first-order valence-electron chi connectivity index (χ1n) is 4.54. The van der Waals surface area contributed by atoms with Crippen LogP contribution in [0.25, 0.3) is 0 Å². The Balaban J connectivity index is 2.28. The largest absolute Gasteiger partial charge is 0.399 e. The van der Waals surface area contributed by atoms with E-state index in [9.17, 15) is 4.79 Å². The number of amides is 1. The Labute approximate surface area is 86.2 Å². The zero-order valence-corrected chi connectivity index (χ0v) is 8.19. The SMILES string of the molecule is Nc1cc(Cl)c2c(c1)C1(CC1)C(=O)N2. The van der Waals surface area contributed by atoms with Crippen molar-refractivity contribution in [3.63, 3.8) is 0 Å². The molecule has 0 bridgehead atoms. The van der Waals surface area contributed by atoms with E-state index < -0.39 is 0 Å². The van der Waals surface area contributed by atoms with Gasteiger partial charge in [0.15, 0.2) is 0 Å². The summed E-state index contributed by atoms with van der Waals surface area (Å²) in [5, 5.41) is 3.36. The van der Waals surface area contributed by atoms with E-state index in [4.69, 9.17) is 17.3 Å². The lowest BCUT2D eigenvalue weighted by Crippen LogP contribution is -2.18. The number of hydrogen-bond acceptors (Lipinski definition) is 2. The van der Waals surface area contributed by atoms with Crippen molar-refractivity contribution in [2.45, 2.75) is 18.3 Å². The van der Waals surface area contributed by atoms with Crippen molar-refractivity contribution in [1.82, 2.24) is 0 Å². The van der Waals surface area contributed by atoms with Gasteiger partial charge in [0.25, 0.3) is 0 Å². The first kappa shape index (κ1) is 8.12. The Hall–Kier alpha value is -1.22. The maximum atomic E-state index is 11.7. The van der Waals surface area contributed by atoms with E-state index in [-0.39, 0.29) is 11.3 Å². The van der Waals surface area contributed by atoms with Gasteiger partial charge in [-0.1, -0.05) is 11.6 Å². The van der Waals surface area contributed by atoms with Crippen LogP contribution in [0.2, 0.25) is 5.02 Å². The molecule has 1 aromatic carbocycles. The molecule has 4 heteroatoms. The average molecular weight is 209 g/mol. The molecule has 1 amide bonds. The van der Waals surface area contributed by atoms with Crippen molar-refractivity contribution >= 4 is 28.9 Å². The van der Waals surface area contributed by atoms with Gasteiger partial charge in [-0.2, -0.15) is 0 Å². The van der Waals surface area contributed by atoms with Crippen LogP contribution in [-0.2, 0) is 10.2 Å². The molecule has 0 atom stereocenters. The second-order valence-electron chi connectivity index (χ2n) is 3.96. The number of carbonyl (C=O) groups is 1. The van der Waals surface area contributed by atoms with Crippen molar-refractivity contribution in [3.05, 3.63) is 22.7 Å². The molecule has 1 fully saturated rings. The summed E-state index contributed by atoms with van der Waals surface area (Å²) < 4.78 is 0. The molecule has 0 radical (unpaired) electrons. The monoisotopic (exact) mass is 208 g/mol. The molecule has 3 rings (SSSR count). The number of fused-ring (bicyclic) bond motifs is 2. The molecule has 1 saturated carbocycles. The minimum Gasteiger partial charge on any atom is -0.399 e. The van der Waals surface area contributed by atoms with Crippen LogP contribution in [0.15, 0.2) is 12.1 Å². The highest BCUT2D eigenvalue weighted by Crippen LogP contribution is 2.56. The second-order valence-corrected chi connectivity index (χ2v) is 4.37. The van der Waals surface area contributed by atoms with Gasteiger partial charge >= 0.3 is 0 Å². The van der Waals surface area contributed by atoms with Crippen LogP contribution in [0.5, 0.6) is 0 Å². The first-order chi connectivity index (χ1) is 6.63. The van der Waals surface area contributed by atoms with Crippen LogP contribution in [0.3, 0.4) is 0 Å². The topological polar surface area (TPSA) is 55.1 Å². The fourth-order valence-corrected chi connectivity index (χ4v) is 2.38. The number of hydrogen-bond donors (Lipinski definition) is 2. The van der Waals surface area contributed by atoms with E-state index in [1.165, 1.54) is 0 Å². The summed E-state index contributed by atoms with van der Waals surface area (Å²) >= 11 is 6.00. The van der Waals surface area contributed by atoms with Gasteiger partial charge in [-0.3, -0.25) is 4.79 Å². The number of anilines is 2. The van der Waals surface area contributed by atoms with Gasteiger partial charge in [-0.05, 0) is 30.5 Å². The number of nitrogen functional groups attached to an aromatic ring is 1. The lowest BCUT2D eigenvalue weighted by molar-refractivity contribution is -0.117. The van der Waals surface area contributed by atoms with Gasteiger partial charge in [0, 0.05) is 5.69 Å². The second kappa shape index (κ2) is 2.23. The normalized spacial score (nSPS) is 20.8. The lowest BCUT2D eigenvalue weighted by atomic mass is 9.97. The predicted molar refractivity (Wildman–Crippen MR) is 55.4 cm³/mol. The highest BCUT2D eigenvalue weighted by atomic mass is 35.5. The smallest absolute Gasteiger partial charge is 0.235 e. The summed E-state index contributed by atoms with van der Waals surface area (Å²) in [6.07, 6.45) is 1.82. The Kier molecular flexibility index (Phi) is 1.29. The standard InChI is InChI=1S/C10H9ClN2O/c11-7-4-5(12)3-6-8(7)13-9(14)10(6)1-2-10/h3-4H,1-2,12H2,(H,13,14). The molecule has 2 aliphatic rings. The minimum absolute atomic E-state index is 0.0694. The van der Waals surface area contributed by atoms with E-state index in [1.807, 2.05) is 6.07 Å². The number of carbonyl (C=O) groups excluding carboxylic acids is 1. The summed E-state index contributed by atoms with van der Waals surface area (Å²) in [7, 11) is 0. The Morgan fingerprint density at radius 2 is 2.14 bits per heavy atom. The molecule has 1 spiro atoms. The maximum Gasteiger partial charge on any atom is 0.235 e. The molecule has 3 nitrogen and oxygen atoms in total. The molecular weight excluding hydrogens is 200 g/mol. The van der Waals surface area contributed by atoms with E-state index in [0.29, 0.717) is 10.7 Å². The van der Waals surface area contributed by atoms with Crippen LogP contribution in [0.1, 0.15) is 18.4 Å². The van der Waals surface area contributed by atoms with Gasteiger partial charge in [-0.25, -0.2) is 0 Å². The summed E-state index contributed by atoms with van der Waals surface area (Å²) in [6, 6.07) is 3.52. The summed E-state index contributed by atoms with van der Waals surface area (Å²) in [6.45, 7) is 0. The number of nitrogens with one attached hydrogen (secondary N) is 1. The van der Waals surface area contributed by atoms with Crippen molar-refractivity contribution in [2.75, 3.05) is 11.1 Å². The van der Waals surface area contributed by atoms with Crippen LogP contribution in [0.4, 0.5) is 11.4 Å². The van der Waals surface area contributed by atoms with Crippen molar-refractivity contribution < 1.29 is 4.79 Å². The number of nitrogens with two attached hydrogens (primary N) is 1. The highest BCUT2D eigenvalue weighted by Gasteiger charge is 2.56. The van der Waals surface area contributed by atoms with Crippen LogP contribution in [0, 0.1) is 0 Å². The maximum absolute atomic E-state index is 11.7. The lowest BCUT2D eigenvalue weighted by Gasteiger charge is -2.06. The third kappa shape index (κ3) is 0.805. The molecule has 14 heavy (non-hydrogen) atoms. The highest BCUT2D eigenvalue weighted by molar-refractivity contribution is 6.35. The average Bonchev–Trinajstić information content (AvgIpc) is 2.84. The zero-order valence-electron chi connectivity index (χ0n) is 7.43. The Morgan fingerprint density at radius 1 is 1.43 bits per heavy atom. The van der Waals surface area contributed by atoms with Gasteiger partial charge < -0.3 is 11.1 Å². The summed E-state index contributed by atoms with van der Waals surface area (Å²) in [5.74, 6) is 0.0694. The molecule has 3 N–H and O–H groups in total. The molecule has 0 saturated heterocycles.